The van der Waals surface area contributed by atoms with Gasteiger partial charge in [-0.3, -0.25) is 0 Å². The summed E-state index contributed by atoms with van der Waals surface area (Å²) in [5.74, 6) is 1.54. The molecule has 1 aromatic rings. The number of thioether (sulfide) groups is 1. The van der Waals surface area contributed by atoms with Gasteiger partial charge in [0.2, 0.25) is 0 Å². The van der Waals surface area contributed by atoms with Crippen molar-refractivity contribution in [3.8, 4) is 5.75 Å². The molecule has 1 aromatic carbocycles. The minimum atomic E-state index is 0.236. The summed E-state index contributed by atoms with van der Waals surface area (Å²) in [7, 11) is 0. The van der Waals surface area contributed by atoms with Crippen molar-refractivity contribution in [1.82, 2.24) is 0 Å². The van der Waals surface area contributed by atoms with Crippen molar-refractivity contribution in [3.63, 3.8) is 0 Å². The van der Waals surface area contributed by atoms with Gasteiger partial charge in [-0.1, -0.05) is 19.9 Å². The fourth-order valence-corrected chi connectivity index (χ4v) is 1.90. The maximum Gasteiger partial charge on any atom is 0.124 e. The first-order chi connectivity index (χ1) is 7.04. The van der Waals surface area contributed by atoms with Gasteiger partial charge in [0.1, 0.15) is 5.75 Å². The number of ether oxygens (including phenoxy) is 1. The Morgan fingerprint density at radius 1 is 1.13 bits per heavy atom. The molecule has 84 valence electrons. The van der Waals surface area contributed by atoms with Crippen LogP contribution in [-0.4, -0.2) is 12.4 Å². The van der Waals surface area contributed by atoms with Crippen molar-refractivity contribution in [2.75, 3.05) is 6.26 Å². The average Bonchev–Trinajstić information content (AvgIpc) is 2.16. The van der Waals surface area contributed by atoms with Crippen LogP contribution in [0.1, 0.15) is 39.2 Å². The smallest absolute Gasteiger partial charge is 0.124 e. The Morgan fingerprint density at radius 3 is 2.27 bits per heavy atom. The van der Waals surface area contributed by atoms with Crippen LogP contribution in [0.3, 0.4) is 0 Å². The van der Waals surface area contributed by atoms with E-state index in [1.807, 2.05) is 0 Å². The number of hydrogen-bond donors (Lipinski definition) is 0. The minimum absolute atomic E-state index is 0.236. The Balaban J connectivity index is 3.05. The number of benzene rings is 1. The second-order valence-electron chi connectivity index (χ2n) is 4.23. The van der Waals surface area contributed by atoms with Crippen molar-refractivity contribution in [2.24, 2.45) is 0 Å². The molecular weight excluding hydrogens is 204 g/mol. The standard InChI is InChI=1S/C13H20OS/c1-9(2)12-7-6-11(15-5)8-13(12)14-10(3)4/h6-10H,1-5H3. The molecule has 0 radical (unpaired) electrons. The van der Waals surface area contributed by atoms with Crippen LogP contribution in [0.4, 0.5) is 0 Å². The molecule has 0 aliphatic heterocycles. The normalized spacial score (nSPS) is 11.1. The first-order valence-corrected chi connectivity index (χ1v) is 6.61. The SMILES string of the molecule is CSc1ccc(C(C)C)c(OC(C)C)c1. The summed E-state index contributed by atoms with van der Waals surface area (Å²) in [6.07, 6.45) is 2.32. The Morgan fingerprint density at radius 2 is 1.80 bits per heavy atom. The largest absolute Gasteiger partial charge is 0.491 e. The molecule has 0 fully saturated rings. The van der Waals surface area contributed by atoms with E-state index in [-0.39, 0.29) is 6.10 Å². The highest BCUT2D eigenvalue weighted by Crippen LogP contribution is 2.31. The molecule has 0 aliphatic rings. The highest BCUT2D eigenvalue weighted by Gasteiger charge is 2.09. The molecule has 1 rings (SSSR count). The molecule has 0 amide bonds. The maximum atomic E-state index is 5.84. The van der Waals surface area contributed by atoms with Gasteiger partial charge in [0.05, 0.1) is 6.10 Å². The molecule has 0 saturated heterocycles. The minimum Gasteiger partial charge on any atom is -0.491 e. The van der Waals surface area contributed by atoms with Crippen LogP contribution >= 0.6 is 11.8 Å². The van der Waals surface area contributed by atoms with Gasteiger partial charge in [0.15, 0.2) is 0 Å². The zero-order valence-corrected chi connectivity index (χ0v) is 11.0. The summed E-state index contributed by atoms with van der Waals surface area (Å²) in [5, 5.41) is 0. The Hall–Kier alpha value is -0.630. The molecule has 0 aliphatic carbocycles. The zero-order chi connectivity index (χ0) is 11.4. The van der Waals surface area contributed by atoms with Gasteiger partial charge in [0.25, 0.3) is 0 Å². The summed E-state index contributed by atoms with van der Waals surface area (Å²) < 4.78 is 5.84. The predicted octanol–water partition coefficient (Wildman–Crippen LogP) is 4.32. The summed E-state index contributed by atoms with van der Waals surface area (Å²) in [4.78, 5) is 1.26. The van der Waals surface area contributed by atoms with E-state index < -0.39 is 0 Å². The van der Waals surface area contributed by atoms with Crippen LogP contribution in [0.2, 0.25) is 0 Å². The Kier molecular flexibility index (Phi) is 4.52. The first kappa shape index (κ1) is 12.4. The lowest BCUT2D eigenvalue weighted by Crippen LogP contribution is -2.08. The van der Waals surface area contributed by atoms with Gasteiger partial charge in [-0.25, -0.2) is 0 Å². The van der Waals surface area contributed by atoms with Crippen LogP contribution in [0.5, 0.6) is 5.75 Å². The Labute approximate surface area is 97.2 Å². The van der Waals surface area contributed by atoms with Crippen LogP contribution < -0.4 is 4.74 Å². The first-order valence-electron chi connectivity index (χ1n) is 5.39. The molecule has 0 saturated carbocycles. The van der Waals surface area contributed by atoms with Crippen molar-refractivity contribution in [2.45, 2.75) is 44.6 Å². The van der Waals surface area contributed by atoms with Crippen LogP contribution in [0, 0.1) is 0 Å². The van der Waals surface area contributed by atoms with Gasteiger partial charge in [0, 0.05) is 4.90 Å². The lowest BCUT2D eigenvalue weighted by molar-refractivity contribution is 0.238. The van der Waals surface area contributed by atoms with Crippen LogP contribution in [-0.2, 0) is 0 Å². The zero-order valence-electron chi connectivity index (χ0n) is 10.2. The molecule has 0 unspecified atom stereocenters. The van der Waals surface area contributed by atoms with Crippen molar-refractivity contribution in [1.29, 1.82) is 0 Å². The molecule has 0 atom stereocenters. The number of rotatable bonds is 4. The van der Waals surface area contributed by atoms with Crippen molar-refractivity contribution in [3.05, 3.63) is 23.8 Å². The van der Waals surface area contributed by atoms with Gasteiger partial charge in [-0.05, 0) is 43.7 Å². The van der Waals surface area contributed by atoms with E-state index in [4.69, 9.17) is 4.74 Å². The fourth-order valence-electron chi connectivity index (χ4n) is 1.47. The van der Waals surface area contributed by atoms with Crippen molar-refractivity contribution >= 4 is 11.8 Å². The quantitative estimate of drug-likeness (QED) is 0.704. The molecule has 0 bridgehead atoms. The summed E-state index contributed by atoms with van der Waals surface area (Å²) in [6, 6.07) is 6.47. The lowest BCUT2D eigenvalue weighted by Gasteiger charge is -2.17. The molecule has 15 heavy (non-hydrogen) atoms. The van der Waals surface area contributed by atoms with E-state index in [1.54, 1.807) is 11.8 Å². The van der Waals surface area contributed by atoms with Gasteiger partial charge < -0.3 is 4.74 Å². The van der Waals surface area contributed by atoms with E-state index in [0.717, 1.165) is 5.75 Å². The van der Waals surface area contributed by atoms with E-state index >= 15 is 0 Å². The Bertz CT molecular complexity index is 318. The fraction of sp³-hybridized carbons (Fsp3) is 0.538. The van der Waals surface area contributed by atoms with Gasteiger partial charge in [-0.2, -0.15) is 0 Å². The maximum absolute atomic E-state index is 5.84. The third kappa shape index (κ3) is 3.45. The molecule has 0 aromatic heterocycles. The highest BCUT2D eigenvalue weighted by atomic mass is 32.2. The van der Waals surface area contributed by atoms with Gasteiger partial charge in [-0.15, -0.1) is 11.8 Å². The third-order valence-electron chi connectivity index (χ3n) is 2.21. The molecule has 2 heteroatoms. The summed E-state index contributed by atoms with van der Waals surface area (Å²) in [5.41, 5.74) is 1.29. The van der Waals surface area contributed by atoms with Gasteiger partial charge >= 0.3 is 0 Å². The molecular formula is C13H20OS. The third-order valence-corrected chi connectivity index (χ3v) is 2.93. The van der Waals surface area contributed by atoms with E-state index in [9.17, 15) is 0 Å². The lowest BCUT2D eigenvalue weighted by atomic mass is 10.0. The van der Waals surface area contributed by atoms with E-state index in [1.165, 1.54) is 10.5 Å². The summed E-state index contributed by atoms with van der Waals surface area (Å²) >= 11 is 1.75. The topological polar surface area (TPSA) is 9.23 Å². The molecule has 0 heterocycles. The predicted molar refractivity (Wildman–Crippen MR) is 68.1 cm³/mol. The molecule has 0 N–H and O–H groups in total. The average molecular weight is 224 g/mol. The molecule has 1 nitrogen and oxygen atoms in total. The second-order valence-corrected chi connectivity index (χ2v) is 5.10. The number of hydrogen-bond acceptors (Lipinski definition) is 2. The molecule has 0 spiro atoms. The van der Waals surface area contributed by atoms with Crippen molar-refractivity contribution < 1.29 is 4.74 Å². The van der Waals surface area contributed by atoms with E-state index in [0.29, 0.717) is 5.92 Å². The second kappa shape index (κ2) is 5.45. The summed E-state index contributed by atoms with van der Waals surface area (Å²) in [6.45, 7) is 8.52. The van der Waals surface area contributed by atoms with Crippen LogP contribution in [0.15, 0.2) is 23.1 Å². The van der Waals surface area contributed by atoms with Crippen LogP contribution in [0.25, 0.3) is 0 Å². The highest BCUT2D eigenvalue weighted by molar-refractivity contribution is 7.98. The van der Waals surface area contributed by atoms with E-state index in [2.05, 4.69) is 52.1 Å². The monoisotopic (exact) mass is 224 g/mol.